The maximum Gasteiger partial charge on any atom is 0.229 e. The van der Waals surface area contributed by atoms with Crippen LogP contribution in [-0.2, 0) is 11.2 Å². The van der Waals surface area contributed by atoms with E-state index in [4.69, 9.17) is 4.74 Å². The minimum atomic E-state index is -0.138. The van der Waals surface area contributed by atoms with Gasteiger partial charge in [-0.1, -0.05) is 18.2 Å². The first kappa shape index (κ1) is 14.8. The van der Waals surface area contributed by atoms with E-state index >= 15 is 0 Å². The Balaban J connectivity index is 2.01. The summed E-state index contributed by atoms with van der Waals surface area (Å²) in [5.41, 5.74) is 1.41. The quantitative estimate of drug-likeness (QED) is 0.906. The molecule has 0 bridgehead atoms. The number of rotatable bonds is 5. The summed E-state index contributed by atoms with van der Waals surface area (Å²) in [4.78, 5) is 22.1. The lowest BCUT2D eigenvalue weighted by Crippen LogP contribution is -2.16. The van der Waals surface area contributed by atoms with E-state index in [9.17, 15) is 4.79 Å². The molecule has 0 atom stereocenters. The van der Waals surface area contributed by atoms with E-state index in [-0.39, 0.29) is 12.3 Å². The molecule has 1 amide bonds. The van der Waals surface area contributed by atoms with Crippen LogP contribution in [0.3, 0.4) is 0 Å². The van der Waals surface area contributed by atoms with Crippen molar-refractivity contribution in [3.8, 4) is 5.75 Å². The van der Waals surface area contributed by atoms with E-state index in [0.29, 0.717) is 17.4 Å². The van der Waals surface area contributed by atoms with Crippen molar-refractivity contribution in [2.24, 2.45) is 0 Å². The van der Waals surface area contributed by atoms with Gasteiger partial charge in [-0.05, 0) is 6.07 Å². The van der Waals surface area contributed by atoms with Crippen LogP contribution >= 0.6 is 0 Å². The average molecular weight is 286 g/mol. The number of nitrogens with one attached hydrogen (secondary N) is 1. The zero-order valence-corrected chi connectivity index (χ0v) is 12.3. The van der Waals surface area contributed by atoms with Crippen molar-refractivity contribution in [2.45, 2.75) is 6.42 Å². The molecular weight excluding hydrogens is 268 g/mol. The van der Waals surface area contributed by atoms with Crippen molar-refractivity contribution in [3.63, 3.8) is 0 Å². The largest absolute Gasteiger partial charge is 0.496 e. The first-order chi connectivity index (χ1) is 10.1. The van der Waals surface area contributed by atoms with Crippen molar-refractivity contribution < 1.29 is 9.53 Å². The van der Waals surface area contributed by atoms with Gasteiger partial charge in [-0.25, -0.2) is 9.97 Å². The first-order valence-electron chi connectivity index (χ1n) is 6.51. The topological polar surface area (TPSA) is 67.3 Å². The number of carbonyl (C=O) groups is 1. The molecule has 1 aromatic heterocycles. The molecule has 6 heteroatoms. The number of benzene rings is 1. The predicted molar refractivity (Wildman–Crippen MR) is 81.7 cm³/mol. The molecule has 0 unspecified atom stereocenters. The van der Waals surface area contributed by atoms with E-state index in [0.717, 1.165) is 5.56 Å². The molecule has 110 valence electrons. The van der Waals surface area contributed by atoms with Gasteiger partial charge in [0.05, 0.1) is 31.6 Å². The SMILES string of the molecule is COc1ccccc1CC(=O)Nc1cnc(N(C)C)nc1. The molecule has 6 nitrogen and oxygen atoms in total. The second kappa shape index (κ2) is 6.69. The lowest BCUT2D eigenvalue weighted by Gasteiger charge is -2.11. The summed E-state index contributed by atoms with van der Waals surface area (Å²) in [7, 11) is 5.30. The third-order valence-corrected chi connectivity index (χ3v) is 2.87. The first-order valence-corrected chi connectivity index (χ1v) is 6.51. The van der Waals surface area contributed by atoms with E-state index in [1.165, 1.54) is 0 Å². The van der Waals surface area contributed by atoms with Gasteiger partial charge in [0.15, 0.2) is 0 Å². The highest BCUT2D eigenvalue weighted by molar-refractivity contribution is 5.92. The van der Waals surface area contributed by atoms with Crippen LogP contribution in [0.4, 0.5) is 11.6 Å². The number of para-hydroxylation sites is 1. The average Bonchev–Trinajstić information content (AvgIpc) is 2.48. The van der Waals surface area contributed by atoms with E-state index in [2.05, 4.69) is 15.3 Å². The number of amides is 1. The molecule has 21 heavy (non-hydrogen) atoms. The minimum Gasteiger partial charge on any atom is -0.496 e. The number of anilines is 2. The molecule has 1 aromatic carbocycles. The van der Waals surface area contributed by atoms with E-state index < -0.39 is 0 Å². The maximum absolute atomic E-state index is 12.0. The third-order valence-electron chi connectivity index (χ3n) is 2.87. The number of hydrogen-bond acceptors (Lipinski definition) is 5. The maximum atomic E-state index is 12.0. The molecule has 1 heterocycles. The molecule has 0 saturated carbocycles. The summed E-state index contributed by atoms with van der Waals surface area (Å²) >= 11 is 0. The van der Waals surface area contributed by atoms with Crippen LogP contribution in [0.5, 0.6) is 5.75 Å². The molecule has 0 radical (unpaired) electrons. The summed E-state index contributed by atoms with van der Waals surface area (Å²) in [6.07, 6.45) is 3.41. The summed E-state index contributed by atoms with van der Waals surface area (Å²) in [5.74, 6) is 1.16. The van der Waals surface area contributed by atoms with Crippen molar-refractivity contribution in [3.05, 3.63) is 42.2 Å². The van der Waals surface area contributed by atoms with Crippen LogP contribution in [0, 0.1) is 0 Å². The van der Waals surface area contributed by atoms with Gasteiger partial charge in [0.1, 0.15) is 5.75 Å². The highest BCUT2D eigenvalue weighted by atomic mass is 16.5. The zero-order chi connectivity index (χ0) is 15.2. The van der Waals surface area contributed by atoms with Crippen LogP contribution in [0.15, 0.2) is 36.7 Å². The molecule has 0 aliphatic rings. The van der Waals surface area contributed by atoms with Crippen LogP contribution in [0.25, 0.3) is 0 Å². The number of nitrogens with zero attached hydrogens (tertiary/aromatic N) is 3. The number of carbonyl (C=O) groups excluding carboxylic acids is 1. The fourth-order valence-corrected chi connectivity index (χ4v) is 1.84. The second-order valence-corrected chi connectivity index (χ2v) is 4.70. The number of methoxy groups -OCH3 is 1. The normalized spacial score (nSPS) is 10.0. The molecule has 0 fully saturated rings. The molecule has 1 N–H and O–H groups in total. The Morgan fingerprint density at radius 2 is 1.90 bits per heavy atom. The van der Waals surface area contributed by atoms with Gasteiger partial charge in [0, 0.05) is 19.7 Å². The fraction of sp³-hybridized carbons (Fsp3) is 0.267. The summed E-state index contributed by atoms with van der Waals surface area (Å²) in [6.45, 7) is 0. The summed E-state index contributed by atoms with van der Waals surface area (Å²) in [5, 5.41) is 2.77. The molecule has 2 aromatic rings. The van der Waals surface area contributed by atoms with Crippen LogP contribution < -0.4 is 15.0 Å². The predicted octanol–water partition coefficient (Wildman–Crippen LogP) is 1.73. The number of aromatic nitrogens is 2. The second-order valence-electron chi connectivity index (χ2n) is 4.70. The molecular formula is C15H18N4O2. The van der Waals surface area contributed by atoms with Crippen molar-refractivity contribution in [1.82, 2.24) is 9.97 Å². The van der Waals surface area contributed by atoms with Gasteiger partial charge >= 0.3 is 0 Å². The van der Waals surface area contributed by atoms with Crippen LogP contribution in [-0.4, -0.2) is 37.1 Å². The molecule has 2 rings (SSSR count). The molecule has 0 saturated heterocycles. The Kier molecular flexibility index (Phi) is 4.71. The van der Waals surface area contributed by atoms with Gasteiger partial charge in [-0.3, -0.25) is 4.79 Å². The summed E-state index contributed by atoms with van der Waals surface area (Å²) in [6, 6.07) is 7.44. The molecule has 0 spiro atoms. The Morgan fingerprint density at radius 1 is 1.24 bits per heavy atom. The van der Waals surface area contributed by atoms with Crippen molar-refractivity contribution in [1.29, 1.82) is 0 Å². The lowest BCUT2D eigenvalue weighted by molar-refractivity contribution is -0.115. The van der Waals surface area contributed by atoms with E-state index in [1.807, 2.05) is 38.4 Å². The van der Waals surface area contributed by atoms with Crippen molar-refractivity contribution >= 4 is 17.5 Å². The smallest absolute Gasteiger partial charge is 0.229 e. The third kappa shape index (κ3) is 3.92. The van der Waals surface area contributed by atoms with Gasteiger partial charge in [-0.15, -0.1) is 0 Å². The van der Waals surface area contributed by atoms with Gasteiger partial charge < -0.3 is 15.0 Å². The standard InChI is InChI=1S/C15H18N4O2/c1-19(2)15-16-9-12(10-17-15)18-14(20)8-11-6-4-5-7-13(11)21-3/h4-7,9-10H,8H2,1-3H3,(H,18,20). The minimum absolute atomic E-state index is 0.138. The monoisotopic (exact) mass is 286 g/mol. The van der Waals surface area contributed by atoms with Gasteiger partial charge in [-0.2, -0.15) is 0 Å². The van der Waals surface area contributed by atoms with Crippen LogP contribution in [0.1, 0.15) is 5.56 Å². The Hall–Kier alpha value is -2.63. The highest BCUT2D eigenvalue weighted by Gasteiger charge is 2.09. The molecule has 0 aliphatic carbocycles. The lowest BCUT2D eigenvalue weighted by atomic mass is 10.1. The van der Waals surface area contributed by atoms with Gasteiger partial charge in [0.2, 0.25) is 11.9 Å². The summed E-state index contributed by atoms with van der Waals surface area (Å²) < 4.78 is 5.23. The van der Waals surface area contributed by atoms with Crippen LogP contribution in [0.2, 0.25) is 0 Å². The number of hydrogen-bond donors (Lipinski definition) is 1. The Morgan fingerprint density at radius 3 is 2.52 bits per heavy atom. The molecule has 0 aliphatic heterocycles. The Labute approximate surface area is 123 Å². The highest BCUT2D eigenvalue weighted by Crippen LogP contribution is 2.18. The Bertz CT molecular complexity index is 611. The van der Waals surface area contributed by atoms with Crippen molar-refractivity contribution in [2.75, 3.05) is 31.4 Å². The zero-order valence-electron chi connectivity index (χ0n) is 12.3. The van der Waals surface area contributed by atoms with E-state index in [1.54, 1.807) is 24.4 Å². The number of ether oxygens (including phenoxy) is 1. The van der Waals surface area contributed by atoms with Gasteiger partial charge in [0.25, 0.3) is 0 Å². The fourth-order valence-electron chi connectivity index (χ4n) is 1.84.